The zero-order valence-electron chi connectivity index (χ0n) is 12.0. The smallest absolute Gasteiger partial charge is 0.166 e. The van der Waals surface area contributed by atoms with Gasteiger partial charge in [0, 0.05) is 22.6 Å². The van der Waals surface area contributed by atoms with Crippen LogP contribution in [0.15, 0.2) is 22.7 Å². The van der Waals surface area contributed by atoms with Crippen molar-refractivity contribution in [2.24, 2.45) is 5.92 Å². The van der Waals surface area contributed by atoms with E-state index in [0.717, 1.165) is 47.9 Å². The molecule has 3 heteroatoms. The Balaban J connectivity index is 1.79. The molecule has 3 rings (SSSR count). The first-order valence-corrected chi connectivity index (χ1v) is 8.33. The lowest BCUT2D eigenvalue weighted by atomic mass is 9.80. The van der Waals surface area contributed by atoms with Gasteiger partial charge in [0.25, 0.3) is 0 Å². The van der Waals surface area contributed by atoms with Gasteiger partial charge in [0.05, 0.1) is 5.60 Å². The number of ketones is 1. The van der Waals surface area contributed by atoms with E-state index < -0.39 is 0 Å². The van der Waals surface area contributed by atoms with Crippen LogP contribution >= 0.6 is 15.9 Å². The molecule has 1 aromatic carbocycles. The number of benzene rings is 1. The Morgan fingerprint density at radius 3 is 2.75 bits per heavy atom. The van der Waals surface area contributed by atoms with E-state index in [-0.39, 0.29) is 11.5 Å². The quantitative estimate of drug-likeness (QED) is 0.733. The molecule has 1 atom stereocenters. The Morgan fingerprint density at radius 1 is 1.30 bits per heavy atom. The summed E-state index contributed by atoms with van der Waals surface area (Å²) in [5.74, 6) is 0.430. The Kier molecular flexibility index (Phi) is 4.00. The first kappa shape index (κ1) is 14.3. The molecule has 1 saturated carbocycles. The summed E-state index contributed by atoms with van der Waals surface area (Å²) in [4.78, 5) is 12.8. The second-order valence-electron chi connectivity index (χ2n) is 6.31. The van der Waals surface area contributed by atoms with Gasteiger partial charge in [-0.05, 0) is 56.4 Å². The standard InChI is InChI=1S/C17H21BrO2/c1-12-8-14(10-15(18)9-12)16(19)13-4-7-20-17(11-13)5-2-3-6-17/h8-10,13H,2-7,11H2,1H3. The number of Topliss-reactive ketones (excluding diaryl/α,β-unsaturated/α-hetero) is 1. The van der Waals surface area contributed by atoms with Gasteiger partial charge in [0.15, 0.2) is 5.78 Å². The van der Waals surface area contributed by atoms with E-state index in [4.69, 9.17) is 4.74 Å². The van der Waals surface area contributed by atoms with E-state index in [1.807, 2.05) is 25.1 Å². The highest BCUT2D eigenvalue weighted by Gasteiger charge is 2.41. The van der Waals surface area contributed by atoms with Crippen molar-refractivity contribution in [2.75, 3.05) is 6.61 Å². The van der Waals surface area contributed by atoms with Gasteiger partial charge >= 0.3 is 0 Å². The molecule has 0 radical (unpaired) electrons. The number of carbonyl (C=O) groups is 1. The third kappa shape index (κ3) is 2.84. The summed E-state index contributed by atoms with van der Waals surface area (Å²) in [6.45, 7) is 2.77. The number of carbonyl (C=O) groups excluding carboxylic acids is 1. The van der Waals surface area contributed by atoms with Gasteiger partial charge < -0.3 is 4.74 Å². The molecule has 0 amide bonds. The van der Waals surface area contributed by atoms with Crippen molar-refractivity contribution >= 4 is 21.7 Å². The number of aryl methyl sites for hydroxylation is 1. The second kappa shape index (κ2) is 5.61. The first-order valence-electron chi connectivity index (χ1n) is 7.53. The van der Waals surface area contributed by atoms with Crippen LogP contribution in [0.25, 0.3) is 0 Å². The molecule has 2 fully saturated rings. The van der Waals surface area contributed by atoms with Crippen molar-refractivity contribution in [3.63, 3.8) is 0 Å². The molecule has 20 heavy (non-hydrogen) atoms. The normalized spacial score (nSPS) is 25.0. The minimum Gasteiger partial charge on any atom is -0.375 e. The average molecular weight is 337 g/mol. The summed E-state index contributed by atoms with van der Waals surface area (Å²) in [7, 11) is 0. The predicted octanol–water partition coefficient (Wildman–Crippen LogP) is 4.68. The summed E-state index contributed by atoms with van der Waals surface area (Å²) in [5, 5.41) is 0. The molecule has 1 saturated heterocycles. The number of ether oxygens (including phenoxy) is 1. The van der Waals surface area contributed by atoms with Gasteiger partial charge in [-0.2, -0.15) is 0 Å². The van der Waals surface area contributed by atoms with Crippen LogP contribution < -0.4 is 0 Å². The molecule has 1 aliphatic carbocycles. The molecule has 1 heterocycles. The highest BCUT2D eigenvalue weighted by atomic mass is 79.9. The van der Waals surface area contributed by atoms with E-state index >= 15 is 0 Å². The molecule has 0 aromatic heterocycles. The number of halogens is 1. The first-order chi connectivity index (χ1) is 9.58. The Bertz CT molecular complexity index is 497. The van der Waals surface area contributed by atoms with Gasteiger partial charge in [-0.15, -0.1) is 0 Å². The molecule has 0 bridgehead atoms. The fourth-order valence-corrected chi connectivity index (χ4v) is 4.34. The van der Waals surface area contributed by atoms with Crippen LogP contribution in [-0.2, 0) is 4.74 Å². The van der Waals surface area contributed by atoms with Crippen LogP contribution in [0.3, 0.4) is 0 Å². The minimum absolute atomic E-state index is 0.0135. The lowest BCUT2D eigenvalue weighted by molar-refractivity contribution is -0.0866. The molecular weight excluding hydrogens is 316 g/mol. The molecule has 1 spiro atoms. The molecular formula is C17H21BrO2. The maximum atomic E-state index is 12.8. The molecule has 2 nitrogen and oxygen atoms in total. The summed E-state index contributed by atoms with van der Waals surface area (Å²) in [6, 6.07) is 6.00. The van der Waals surface area contributed by atoms with Gasteiger partial charge in [-0.25, -0.2) is 0 Å². The molecule has 1 aromatic rings. The zero-order valence-corrected chi connectivity index (χ0v) is 13.5. The zero-order chi connectivity index (χ0) is 14.2. The highest BCUT2D eigenvalue weighted by molar-refractivity contribution is 9.10. The molecule has 0 N–H and O–H groups in total. The van der Waals surface area contributed by atoms with E-state index in [1.165, 1.54) is 12.8 Å². The maximum Gasteiger partial charge on any atom is 0.166 e. The molecule has 2 aliphatic rings. The third-order valence-corrected chi connectivity index (χ3v) is 5.16. The SMILES string of the molecule is Cc1cc(Br)cc(C(=O)C2CCOC3(CCCC3)C2)c1. The van der Waals surface area contributed by atoms with Crippen LogP contribution in [0.1, 0.15) is 54.4 Å². The van der Waals surface area contributed by atoms with Crippen molar-refractivity contribution in [1.29, 1.82) is 0 Å². The van der Waals surface area contributed by atoms with Crippen molar-refractivity contribution in [3.05, 3.63) is 33.8 Å². The van der Waals surface area contributed by atoms with Crippen molar-refractivity contribution in [2.45, 2.75) is 51.0 Å². The lowest BCUT2D eigenvalue weighted by Crippen LogP contribution is -2.39. The monoisotopic (exact) mass is 336 g/mol. The highest BCUT2D eigenvalue weighted by Crippen LogP contribution is 2.42. The van der Waals surface area contributed by atoms with Gasteiger partial charge in [0.1, 0.15) is 0 Å². The Hall–Kier alpha value is -0.670. The summed E-state index contributed by atoms with van der Waals surface area (Å²) < 4.78 is 7.02. The summed E-state index contributed by atoms with van der Waals surface area (Å²) in [6.07, 6.45) is 6.54. The molecule has 108 valence electrons. The fourth-order valence-electron chi connectivity index (χ4n) is 3.73. The Labute approximate surface area is 129 Å². The maximum absolute atomic E-state index is 12.8. The van der Waals surface area contributed by atoms with Crippen LogP contribution in [0.5, 0.6) is 0 Å². The van der Waals surface area contributed by atoms with Crippen LogP contribution in [0.2, 0.25) is 0 Å². The van der Waals surface area contributed by atoms with Crippen molar-refractivity contribution in [3.8, 4) is 0 Å². The number of hydrogen-bond donors (Lipinski definition) is 0. The number of hydrogen-bond acceptors (Lipinski definition) is 2. The van der Waals surface area contributed by atoms with Crippen LogP contribution in [-0.4, -0.2) is 18.0 Å². The van der Waals surface area contributed by atoms with Crippen LogP contribution in [0, 0.1) is 12.8 Å². The predicted molar refractivity (Wildman–Crippen MR) is 83.1 cm³/mol. The fraction of sp³-hybridized carbons (Fsp3) is 0.588. The van der Waals surface area contributed by atoms with Gasteiger partial charge in [-0.3, -0.25) is 4.79 Å². The average Bonchev–Trinajstić information content (AvgIpc) is 2.85. The third-order valence-electron chi connectivity index (χ3n) is 4.71. The van der Waals surface area contributed by atoms with E-state index in [1.54, 1.807) is 0 Å². The Morgan fingerprint density at radius 2 is 2.05 bits per heavy atom. The van der Waals surface area contributed by atoms with E-state index in [0.29, 0.717) is 5.78 Å². The summed E-state index contributed by atoms with van der Waals surface area (Å²) in [5.41, 5.74) is 1.99. The van der Waals surface area contributed by atoms with Gasteiger partial charge in [0.2, 0.25) is 0 Å². The lowest BCUT2D eigenvalue weighted by Gasteiger charge is -2.37. The van der Waals surface area contributed by atoms with Crippen molar-refractivity contribution in [1.82, 2.24) is 0 Å². The topological polar surface area (TPSA) is 26.3 Å². The summed E-state index contributed by atoms with van der Waals surface area (Å²) >= 11 is 3.49. The van der Waals surface area contributed by atoms with Gasteiger partial charge in [-0.1, -0.05) is 28.8 Å². The van der Waals surface area contributed by atoms with Crippen molar-refractivity contribution < 1.29 is 9.53 Å². The number of rotatable bonds is 2. The van der Waals surface area contributed by atoms with Crippen LogP contribution in [0.4, 0.5) is 0 Å². The minimum atomic E-state index is 0.0135. The van der Waals surface area contributed by atoms with E-state index in [9.17, 15) is 4.79 Å². The largest absolute Gasteiger partial charge is 0.375 e. The molecule has 1 unspecified atom stereocenters. The molecule has 1 aliphatic heterocycles. The van der Waals surface area contributed by atoms with E-state index in [2.05, 4.69) is 15.9 Å². The second-order valence-corrected chi connectivity index (χ2v) is 7.23.